The van der Waals surface area contributed by atoms with Gasteiger partial charge in [-0.15, -0.1) is 0 Å². The summed E-state index contributed by atoms with van der Waals surface area (Å²) in [5.74, 6) is -3.19. The average Bonchev–Trinajstić information content (AvgIpc) is 2.38. The SMILES string of the molecule is CCOC(=O)C(C)(C)C(=O)CS(=O)(=O)c1cccc(F)c1. The van der Waals surface area contributed by atoms with Gasteiger partial charge in [0, 0.05) is 0 Å². The van der Waals surface area contributed by atoms with Crippen molar-refractivity contribution in [3.05, 3.63) is 30.1 Å². The van der Waals surface area contributed by atoms with Gasteiger partial charge in [-0.25, -0.2) is 12.8 Å². The van der Waals surface area contributed by atoms with Gasteiger partial charge in [-0.05, 0) is 39.0 Å². The number of hydrogen-bond acceptors (Lipinski definition) is 5. The zero-order chi connectivity index (χ0) is 16.3. The molecule has 1 aromatic carbocycles. The molecule has 0 N–H and O–H groups in total. The molecule has 0 bridgehead atoms. The summed E-state index contributed by atoms with van der Waals surface area (Å²) in [7, 11) is -4.01. The van der Waals surface area contributed by atoms with Crippen LogP contribution in [0.3, 0.4) is 0 Å². The maximum absolute atomic E-state index is 13.1. The zero-order valence-corrected chi connectivity index (χ0v) is 12.9. The fourth-order valence-electron chi connectivity index (χ4n) is 1.52. The van der Waals surface area contributed by atoms with Crippen LogP contribution in [0.4, 0.5) is 4.39 Å². The highest BCUT2D eigenvalue weighted by atomic mass is 32.2. The van der Waals surface area contributed by atoms with Crippen LogP contribution in [-0.4, -0.2) is 32.5 Å². The lowest BCUT2D eigenvalue weighted by Gasteiger charge is -2.20. The number of halogens is 1. The van der Waals surface area contributed by atoms with Gasteiger partial charge in [0.1, 0.15) is 17.0 Å². The van der Waals surface area contributed by atoms with E-state index in [1.54, 1.807) is 6.92 Å². The van der Waals surface area contributed by atoms with Crippen LogP contribution in [-0.2, 0) is 24.2 Å². The predicted octanol–water partition coefficient (Wildman–Crippen LogP) is 1.76. The first-order valence-corrected chi connectivity index (χ1v) is 7.95. The second-order valence-electron chi connectivity index (χ2n) is 4.99. The number of ether oxygens (including phenoxy) is 1. The molecule has 21 heavy (non-hydrogen) atoms. The third kappa shape index (κ3) is 4.10. The van der Waals surface area contributed by atoms with E-state index in [0.717, 1.165) is 12.1 Å². The Bertz CT molecular complexity index is 649. The monoisotopic (exact) mass is 316 g/mol. The second kappa shape index (κ2) is 6.34. The molecule has 1 aromatic rings. The van der Waals surface area contributed by atoms with Crippen molar-refractivity contribution < 1.29 is 27.1 Å². The summed E-state index contributed by atoms with van der Waals surface area (Å²) in [6.07, 6.45) is 0. The molecule has 0 aliphatic heterocycles. The van der Waals surface area contributed by atoms with E-state index in [0.29, 0.717) is 0 Å². The van der Waals surface area contributed by atoms with Crippen molar-refractivity contribution in [3.8, 4) is 0 Å². The minimum absolute atomic E-state index is 0.0895. The molecule has 7 heteroatoms. The topological polar surface area (TPSA) is 77.5 Å². The van der Waals surface area contributed by atoms with Crippen molar-refractivity contribution in [2.24, 2.45) is 5.41 Å². The van der Waals surface area contributed by atoms with Gasteiger partial charge in [0.15, 0.2) is 15.6 Å². The second-order valence-corrected chi connectivity index (χ2v) is 6.97. The molecular weight excluding hydrogens is 299 g/mol. The maximum Gasteiger partial charge on any atom is 0.319 e. The van der Waals surface area contributed by atoms with Gasteiger partial charge in [0.2, 0.25) is 0 Å². The van der Waals surface area contributed by atoms with Crippen molar-refractivity contribution in [1.29, 1.82) is 0 Å². The van der Waals surface area contributed by atoms with Crippen molar-refractivity contribution in [2.75, 3.05) is 12.4 Å². The first-order valence-electron chi connectivity index (χ1n) is 6.30. The number of carbonyl (C=O) groups excluding carboxylic acids is 2. The Labute approximate surface area is 123 Å². The standard InChI is InChI=1S/C14H17FO5S/c1-4-20-13(17)14(2,3)12(16)9-21(18,19)11-7-5-6-10(15)8-11/h5-8H,4,9H2,1-3H3. The summed E-state index contributed by atoms with van der Waals surface area (Å²) >= 11 is 0. The molecule has 1 rings (SSSR count). The van der Waals surface area contributed by atoms with Crippen molar-refractivity contribution in [2.45, 2.75) is 25.7 Å². The smallest absolute Gasteiger partial charge is 0.319 e. The maximum atomic E-state index is 13.1. The molecule has 0 aliphatic rings. The third-order valence-electron chi connectivity index (χ3n) is 2.96. The predicted molar refractivity (Wildman–Crippen MR) is 73.9 cm³/mol. The van der Waals surface area contributed by atoms with E-state index in [4.69, 9.17) is 4.74 Å². The molecule has 116 valence electrons. The zero-order valence-electron chi connectivity index (χ0n) is 12.1. The largest absolute Gasteiger partial charge is 0.465 e. The summed E-state index contributed by atoms with van der Waals surface area (Å²) in [6.45, 7) is 4.27. The summed E-state index contributed by atoms with van der Waals surface area (Å²) < 4.78 is 42.0. The van der Waals surface area contributed by atoms with Gasteiger partial charge in [-0.3, -0.25) is 9.59 Å². The lowest BCUT2D eigenvalue weighted by Crippen LogP contribution is -2.38. The van der Waals surface area contributed by atoms with Crippen molar-refractivity contribution in [1.82, 2.24) is 0 Å². The summed E-state index contributed by atoms with van der Waals surface area (Å²) in [4.78, 5) is 23.5. The number of rotatable bonds is 6. The fraction of sp³-hybridized carbons (Fsp3) is 0.429. The lowest BCUT2D eigenvalue weighted by atomic mass is 9.89. The van der Waals surface area contributed by atoms with Gasteiger partial charge in [0.25, 0.3) is 0 Å². The number of benzene rings is 1. The molecule has 0 amide bonds. The van der Waals surface area contributed by atoms with Crippen LogP contribution in [0.15, 0.2) is 29.2 Å². The Morgan fingerprint density at radius 3 is 2.43 bits per heavy atom. The van der Waals surface area contributed by atoms with Crippen LogP contribution in [0.5, 0.6) is 0 Å². The fourth-order valence-corrected chi connectivity index (χ4v) is 2.97. The van der Waals surface area contributed by atoms with E-state index in [9.17, 15) is 22.4 Å². The molecule has 0 atom stereocenters. The van der Waals surface area contributed by atoms with Crippen LogP contribution >= 0.6 is 0 Å². The van der Waals surface area contributed by atoms with Crippen LogP contribution in [0, 0.1) is 11.2 Å². The third-order valence-corrected chi connectivity index (χ3v) is 4.57. The first-order chi connectivity index (χ1) is 9.61. The number of Topliss-reactive ketones (excluding diaryl/α,β-unsaturated/α-hetero) is 1. The van der Waals surface area contributed by atoms with Gasteiger partial charge in [-0.2, -0.15) is 0 Å². The Balaban J connectivity index is 2.99. The van der Waals surface area contributed by atoms with Crippen LogP contribution in [0.1, 0.15) is 20.8 Å². The van der Waals surface area contributed by atoms with E-state index >= 15 is 0 Å². The van der Waals surface area contributed by atoms with E-state index in [2.05, 4.69) is 0 Å². The quantitative estimate of drug-likeness (QED) is 0.590. The molecule has 0 fully saturated rings. The molecular formula is C14H17FO5S. The van der Waals surface area contributed by atoms with Crippen LogP contribution in [0.25, 0.3) is 0 Å². The van der Waals surface area contributed by atoms with Crippen molar-refractivity contribution >= 4 is 21.6 Å². The van der Waals surface area contributed by atoms with Gasteiger partial charge in [0.05, 0.1) is 11.5 Å². The Morgan fingerprint density at radius 1 is 1.29 bits per heavy atom. The number of hydrogen-bond donors (Lipinski definition) is 0. The van der Waals surface area contributed by atoms with E-state index in [1.807, 2.05) is 0 Å². The molecule has 0 aromatic heterocycles. The Morgan fingerprint density at radius 2 is 1.90 bits per heavy atom. The molecule has 0 radical (unpaired) electrons. The Kier molecular flexibility index (Phi) is 5.22. The summed E-state index contributed by atoms with van der Waals surface area (Å²) in [5.41, 5.74) is -1.57. The highest BCUT2D eigenvalue weighted by molar-refractivity contribution is 7.92. The average molecular weight is 316 g/mol. The molecule has 0 unspecified atom stereocenters. The van der Waals surface area contributed by atoms with E-state index in [-0.39, 0.29) is 11.5 Å². The molecule has 0 saturated heterocycles. The van der Waals surface area contributed by atoms with E-state index < -0.39 is 38.6 Å². The summed E-state index contributed by atoms with van der Waals surface area (Å²) in [5, 5.41) is 0. The molecule has 0 spiro atoms. The number of sulfone groups is 1. The summed E-state index contributed by atoms with van der Waals surface area (Å²) in [6, 6.07) is 4.37. The number of esters is 1. The van der Waals surface area contributed by atoms with Gasteiger partial charge < -0.3 is 4.74 Å². The highest BCUT2D eigenvalue weighted by Gasteiger charge is 2.39. The Hall–Kier alpha value is -1.76. The highest BCUT2D eigenvalue weighted by Crippen LogP contribution is 2.22. The minimum Gasteiger partial charge on any atom is -0.465 e. The van der Waals surface area contributed by atoms with Crippen LogP contribution in [0.2, 0.25) is 0 Å². The van der Waals surface area contributed by atoms with E-state index in [1.165, 1.54) is 26.0 Å². The van der Waals surface area contributed by atoms with Gasteiger partial charge >= 0.3 is 5.97 Å². The minimum atomic E-state index is -4.01. The van der Waals surface area contributed by atoms with Crippen molar-refractivity contribution in [3.63, 3.8) is 0 Å². The normalized spacial score (nSPS) is 12.0. The van der Waals surface area contributed by atoms with Gasteiger partial charge in [-0.1, -0.05) is 6.07 Å². The molecule has 0 aliphatic carbocycles. The lowest BCUT2D eigenvalue weighted by molar-refractivity contribution is -0.157. The molecule has 5 nitrogen and oxygen atoms in total. The first kappa shape index (κ1) is 17.3. The molecule has 0 saturated carbocycles. The van der Waals surface area contributed by atoms with Crippen LogP contribution < -0.4 is 0 Å². The number of ketones is 1. The molecule has 0 heterocycles. The number of carbonyl (C=O) groups is 2.